The summed E-state index contributed by atoms with van der Waals surface area (Å²) in [4.78, 5) is 42.0. The first-order valence-corrected chi connectivity index (χ1v) is 11.7. The second kappa shape index (κ2) is 11.7. The van der Waals surface area contributed by atoms with Crippen molar-refractivity contribution in [2.24, 2.45) is 0 Å². The first kappa shape index (κ1) is 25.4. The lowest BCUT2D eigenvalue weighted by Gasteiger charge is -2.20. The molecule has 0 unspecified atom stereocenters. The van der Waals surface area contributed by atoms with Crippen molar-refractivity contribution in [2.75, 3.05) is 32.7 Å². The number of halogens is 1. The number of carbonyl (C=O) groups is 3. The predicted octanol–water partition coefficient (Wildman–Crippen LogP) is 1.64. The molecule has 3 rings (SSSR count). The van der Waals surface area contributed by atoms with Crippen molar-refractivity contribution in [3.63, 3.8) is 0 Å². The summed E-state index contributed by atoms with van der Waals surface area (Å²) in [6.07, 6.45) is 0.675. The van der Waals surface area contributed by atoms with Gasteiger partial charge in [0.25, 0.3) is 11.8 Å². The molecule has 0 bridgehead atoms. The largest absolute Gasteiger partial charge is 0.353 e. The van der Waals surface area contributed by atoms with Gasteiger partial charge in [-0.3, -0.25) is 19.1 Å². The molecule has 2 heterocycles. The lowest BCUT2D eigenvalue weighted by atomic mass is 10.2. The maximum absolute atomic E-state index is 13.2. The highest BCUT2D eigenvalue weighted by Crippen LogP contribution is 2.17. The second-order valence-corrected chi connectivity index (χ2v) is 8.36. The zero-order chi connectivity index (χ0) is 24.7. The highest BCUT2D eigenvalue weighted by Gasteiger charge is 2.27. The first-order valence-electron chi connectivity index (χ1n) is 11.7. The first-order chi connectivity index (χ1) is 16.3. The lowest BCUT2D eigenvalue weighted by molar-refractivity contribution is -0.122. The van der Waals surface area contributed by atoms with Gasteiger partial charge in [-0.05, 0) is 44.1 Å². The molecule has 1 atom stereocenters. The number of carbonyl (C=O) groups excluding carboxylic acids is 3. The van der Waals surface area contributed by atoms with Gasteiger partial charge in [0.15, 0.2) is 5.69 Å². The number of rotatable bonds is 10. The molecule has 2 aromatic rings. The Labute approximate surface area is 199 Å². The van der Waals surface area contributed by atoms with E-state index in [9.17, 15) is 18.8 Å². The molecule has 0 radical (unpaired) electrons. The van der Waals surface area contributed by atoms with Gasteiger partial charge in [0.1, 0.15) is 17.6 Å². The number of likely N-dealkylation sites (N-methyl/N-ethyl adjacent to an activating group) is 1. The minimum Gasteiger partial charge on any atom is -0.353 e. The van der Waals surface area contributed by atoms with Crippen LogP contribution in [0.1, 0.15) is 53.7 Å². The molecule has 1 aromatic heterocycles. The van der Waals surface area contributed by atoms with Gasteiger partial charge in [0, 0.05) is 38.8 Å². The molecule has 1 aliphatic heterocycles. The quantitative estimate of drug-likeness (QED) is 0.548. The van der Waals surface area contributed by atoms with Crippen LogP contribution in [0.25, 0.3) is 0 Å². The fourth-order valence-electron chi connectivity index (χ4n) is 3.87. The van der Waals surface area contributed by atoms with E-state index in [0.29, 0.717) is 38.3 Å². The van der Waals surface area contributed by atoms with Gasteiger partial charge in [-0.25, -0.2) is 4.39 Å². The number of hydrogen-bond acceptors (Lipinski definition) is 5. The number of nitrogens with one attached hydrogen (secondary N) is 2. The van der Waals surface area contributed by atoms with E-state index in [0.717, 1.165) is 25.2 Å². The Morgan fingerprint density at radius 3 is 2.56 bits per heavy atom. The van der Waals surface area contributed by atoms with Crippen molar-refractivity contribution in [1.82, 2.24) is 30.2 Å². The molecule has 34 heavy (non-hydrogen) atoms. The zero-order valence-corrected chi connectivity index (χ0v) is 20.0. The number of aryl methyl sites for hydroxylation is 1. The van der Waals surface area contributed by atoms with Crippen molar-refractivity contribution in [3.8, 4) is 0 Å². The molecule has 0 fully saturated rings. The Morgan fingerprint density at radius 2 is 1.88 bits per heavy atom. The maximum atomic E-state index is 13.2. The summed E-state index contributed by atoms with van der Waals surface area (Å²) in [7, 11) is 0. The summed E-state index contributed by atoms with van der Waals surface area (Å²) in [5, 5.41) is 9.79. The van der Waals surface area contributed by atoms with Gasteiger partial charge in [-0.15, -0.1) is 0 Å². The third-order valence-corrected chi connectivity index (χ3v) is 5.97. The Morgan fingerprint density at radius 1 is 1.18 bits per heavy atom. The van der Waals surface area contributed by atoms with Crippen molar-refractivity contribution >= 4 is 17.7 Å². The smallest absolute Gasteiger partial charge is 0.272 e. The van der Waals surface area contributed by atoms with Gasteiger partial charge >= 0.3 is 0 Å². The highest BCUT2D eigenvalue weighted by atomic mass is 19.1. The fraction of sp³-hybridized carbons (Fsp3) is 0.500. The monoisotopic (exact) mass is 472 g/mol. The summed E-state index contributed by atoms with van der Waals surface area (Å²) < 4.78 is 14.7. The summed E-state index contributed by atoms with van der Waals surface area (Å²) in [5.41, 5.74) is 1.23. The second-order valence-electron chi connectivity index (χ2n) is 8.36. The number of hydrogen-bond donors (Lipinski definition) is 2. The molecule has 0 saturated heterocycles. The molecule has 0 aliphatic carbocycles. The van der Waals surface area contributed by atoms with Crippen molar-refractivity contribution in [1.29, 1.82) is 0 Å². The van der Waals surface area contributed by atoms with Crippen molar-refractivity contribution in [2.45, 2.75) is 46.3 Å². The van der Waals surface area contributed by atoms with E-state index in [2.05, 4.69) is 34.5 Å². The van der Waals surface area contributed by atoms with Crippen LogP contribution >= 0.6 is 0 Å². The van der Waals surface area contributed by atoms with Crippen LogP contribution in [0.2, 0.25) is 0 Å². The Hall–Kier alpha value is -3.27. The van der Waals surface area contributed by atoms with E-state index in [1.807, 2.05) is 0 Å². The van der Waals surface area contributed by atoms with Crippen LogP contribution in [0.3, 0.4) is 0 Å². The minimum absolute atomic E-state index is 0.0924. The minimum atomic E-state index is -0.739. The average molecular weight is 473 g/mol. The molecule has 1 aromatic carbocycles. The Balaban J connectivity index is 1.60. The van der Waals surface area contributed by atoms with Crippen LogP contribution in [0.15, 0.2) is 30.3 Å². The van der Waals surface area contributed by atoms with E-state index in [-0.39, 0.29) is 23.3 Å². The summed E-state index contributed by atoms with van der Waals surface area (Å²) >= 11 is 0. The summed E-state index contributed by atoms with van der Waals surface area (Å²) in [6.45, 7) is 10.2. The number of benzene rings is 1. The Kier molecular flexibility index (Phi) is 8.75. The van der Waals surface area contributed by atoms with Gasteiger partial charge in [0.05, 0.1) is 0 Å². The van der Waals surface area contributed by atoms with Gasteiger partial charge in [-0.2, -0.15) is 5.10 Å². The predicted molar refractivity (Wildman–Crippen MR) is 126 cm³/mol. The van der Waals surface area contributed by atoms with Crippen LogP contribution in [-0.2, 0) is 17.9 Å². The topological polar surface area (TPSA) is 99.6 Å². The third-order valence-electron chi connectivity index (χ3n) is 5.97. The van der Waals surface area contributed by atoms with Gasteiger partial charge in [0.2, 0.25) is 5.91 Å². The maximum Gasteiger partial charge on any atom is 0.272 e. The molecular weight excluding hydrogens is 439 g/mol. The summed E-state index contributed by atoms with van der Waals surface area (Å²) in [6, 6.07) is 6.76. The van der Waals surface area contributed by atoms with Crippen LogP contribution in [0.5, 0.6) is 0 Å². The molecule has 0 saturated carbocycles. The summed E-state index contributed by atoms with van der Waals surface area (Å²) in [5.74, 6) is -1.35. The van der Waals surface area contributed by atoms with E-state index in [1.165, 1.54) is 22.9 Å². The van der Waals surface area contributed by atoms with Crippen molar-refractivity contribution < 1.29 is 18.8 Å². The van der Waals surface area contributed by atoms with Crippen molar-refractivity contribution in [3.05, 3.63) is 53.1 Å². The van der Waals surface area contributed by atoms with E-state index in [1.54, 1.807) is 24.0 Å². The number of nitrogens with zero attached hydrogens (tertiary/aromatic N) is 4. The lowest BCUT2D eigenvalue weighted by Crippen LogP contribution is -2.46. The van der Waals surface area contributed by atoms with Gasteiger partial charge < -0.3 is 20.4 Å². The Bertz CT molecular complexity index is 1000. The molecule has 184 valence electrons. The fourth-order valence-corrected chi connectivity index (χ4v) is 3.87. The number of fused-ring (bicyclic) bond motifs is 1. The van der Waals surface area contributed by atoms with E-state index in [4.69, 9.17) is 0 Å². The standard InChI is InChI=1S/C24H33FN6O3/c1-4-29(5-2)14-11-26-22(32)17(3)27-23(33)20-15-21-24(34)30(12-6-13-31(21)28-20)16-18-7-9-19(25)10-8-18/h7-10,15,17H,4-6,11-14,16H2,1-3H3,(H,26,32)(H,27,33)/t17-/m1/s1. The molecule has 1 aliphatic rings. The van der Waals surface area contributed by atoms with E-state index < -0.39 is 11.9 Å². The van der Waals surface area contributed by atoms with Crippen LogP contribution in [-0.4, -0.2) is 76.1 Å². The SMILES string of the molecule is CCN(CC)CCNC(=O)[C@@H](C)NC(=O)c1cc2n(n1)CCCN(Cc1ccc(F)cc1)C2=O. The van der Waals surface area contributed by atoms with Crippen LogP contribution in [0.4, 0.5) is 4.39 Å². The third kappa shape index (κ3) is 6.40. The molecule has 0 spiro atoms. The molecular formula is C24H33FN6O3. The number of aromatic nitrogens is 2. The molecule has 9 nitrogen and oxygen atoms in total. The average Bonchev–Trinajstić information content (AvgIpc) is 3.20. The zero-order valence-electron chi connectivity index (χ0n) is 20.0. The molecule has 2 N–H and O–H groups in total. The van der Waals surface area contributed by atoms with E-state index >= 15 is 0 Å². The molecule has 3 amide bonds. The van der Waals surface area contributed by atoms with Gasteiger partial charge in [-0.1, -0.05) is 26.0 Å². The molecule has 10 heteroatoms. The van der Waals surface area contributed by atoms with Crippen LogP contribution < -0.4 is 10.6 Å². The highest BCUT2D eigenvalue weighted by molar-refractivity contribution is 5.99. The number of amides is 3. The normalized spacial score (nSPS) is 14.5. The van der Waals surface area contributed by atoms with Crippen LogP contribution in [0, 0.1) is 5.82 Å².